The van der Waals surface area contributed by atoms with E-state index in [4.69, 9.17) is 14.6 Å². The number of unbranched alkanes of at least 4 members (excludes halogenated alkanes) is 5. The molecule has 1 aliphatic rings. The summed E-state index contributed by atoms with van der Waals surface area (Å²) in [5.74, 6) is 0. The molecule has 0 aromatic heterocycles. The molecule has 0 aromatic rings. The molecule has 3 heteroatoms. The third-order valence-corrected chi connectivity index (χ3v) is 3.78. The first-order valence-corrected chi connectivity index (χ1v) is 8.36. The molecule has 0 spiro atoms. The molecule has 1 rings (SSSR count). The summed E-state index contributed by atoms with van der Waals surface area (Å²) < 4.78 is 11.5. The predicted molar refractivity (Wildman–Crippen MR) is 82.7 cm³/mol. The molecular formula is C17H32O3. The molecule has 118 valence electrons. The zero-order valence-electron chi connectivity index (χ0n) is 13.1. The van der Waals surface area contributed by atoms with E-state index >= 15 is 0 Å². The van der Waals surface area contributed by atoms with Gasteiger partial charge >= 0.3 is 0 Å². The number of aliphatic hydroxyl groups is 1. The number of allylic oxidation sites excluding steroid dienone is 1. The van der Waals surface area contributed by atoms with Crippen LogP contribution in [-0.2, 0) is 9.47 Å². The smallest absolute Gasteiger partial charge is 0.157 e. The minimum absolute atomic E-state index is 0.0528. The second kappa shape index (κ2) is 12.4. The summed E-state index contributed by atoms with van der Waals surface area (Å²) in [6, 6.07) is 0. The number of ether oxygens (including phenoxy) is 2. The highest BCUT2D eigenvalue weighted by atomic mass is 16.7. The van der Waals surface area contributed by atoms with Crippen molar-refractivity contribution in [3.63, 3.8) is 0 Å². The van der Waals surface area contributed by atoms with Gasteiger partial charge in [0.25, 0.3) is 0 Å². The maximum atomic E-state index is 8.60. The molecule has 2 atom stereocenters. The highest BCUT2D eigenvalue weighted by molar-refractivity contribution is 4.80. The molecule has 1 unspecified atom stereocenters. The molecule has 0 saturated carbocycles. The van der Waals surface area contributed by atoms with Gasteiger partial charge in [-0.2, -0.15) is 0 Å². The van der Waals surface area contributed by atoms with Gasteiger partial charge in [-0.15, -0.1) is 0 Å². The second-order valence-electron chi connectivity index (χ2n) is 5.74. The SMILES string of the molecule is C[C@H](CCCCCCC/C=C/CO)OC1CCCCO1. The molecule has 1 saturated heterocycles. The van der Waals surface area contributed by atoms with Gasteiger partial charge in [0.15, 0.2) is 6.29 Å². The quantitative estimate of drug-likeness (QED) is 0.456. The van der Waals surface area contributed by atoms with Crippen molar-refractivity contribution in [2.24, 2.45) is 0 Å². The molecule has 3 nitrogen and oxygen atoms in total. The Hall–Kier alpha value is -0.380. The van der Waals surface area contributed by atoms with Crippen LogP contribution in [0.25, 0.3) is 0 Å². The Morgan fingerprint density at radius 3 is 2.70 bits per heavy atom. The first-order chi connectivity index (χ1) is 9.83. The highest BCUT2D eigenvalue weighted by Crippen LogP contribution is 2.18. The largest absolute Gasteiger partial charge is 0.392 e. The van der Waals surface area contributed by atoms with Crippen LogP contribution in [0.15, 0.2) is 12.2 Å². The van der Waals surface area contributed by atoms with Gasteiger partial charge in [-0.3, -0.25) is 0 Å². The van der Waals surface area contributed by atoms with Gasteiger partial charge in [-0.05, 0) is 45.4 Å². The van der Waals surface area contributed by atoms with Crippen molar-refractivity contribution in [1.29, 1.82) is 0 Å². The van der Waals surface area contributed by atoms with Crippen molar-refractivity contribution in [1.82, 2.24) is 0 Å². The fourth-order valence-corrected chi connectivity index (χ4v) is 2.56. The Kier molecular flexibility index (Phi) is 10.9. The van der Waals surface area contributed by atoms with E-state index in [2.05, 4.69) is 13.0 Å². The summed E-state index contributed by atoms with van der Waals surface area (Å²) in [7, 11) is 0. The summed E-state index contributed by atoms with van der Waals surface area (Å²) in [5, 5.41) is 8.60. The van der Waals surface area contributed by atoms with Gasteiger partial charge in [-0.25, -0.2) is 0 Å². The molecule has 0 bridgehead atoms. The lowest BCUT2D eigenvalue weighted by Crippen LogP contribution is -2.26. The summed E-state index contributed by atoms with van der Waals surface area (Å²) in [6.07, 6.45) is 16.4. The van der Waals surface area contributed by atoms with E-state index in [0.717, 1.165) is 25.9 Å². The van der Waals surface area contributed by atoms with Crippen LogP contribution in [0.3, 0.4) is 0 Å². The second-order valence-corrected chi connectivity index (χ2v) is 5.74. The van der Waals surface area contributed by atoms with Crippen LogP contribution >= 0.6 is 0 Å². The average Bonchev–Trinajstić information content (AvgIpc) is 2.46. The van der Waals surface area contributed by atoms with Gasteiger partial charge in [0.1, 0.15) is 0 Å². The molecule has 1 aliphatic heterocycles. The molecule has 0 aromatic carbocycles. The molecule has 0 aliphatic carbocycles. The van der Waals surface area contributed by atoms with E-state index in [1.54, 1.807) is 0 Å². The molecule has 1 N–H and O–H groups in total. The third-order valence-electron chi connectivity index (χ3n) is 3.78. The first kappa shape index (κ1) is 17.7. The van der Waals surface area contributed by atoms with E-state index in [1.807, 2.05) is 6.08 Å². The number of aliphatic hydroxyl groups excluding tert-OH is 1. The van der Waals surface area contributed by atoms with Crippen LogP contribution in [0, 0.1) is 0 Å². The fourth-order valence-electron chi connectivity index (χ4n) is 2.56. The summed E-state index contributed by atoms with van der Waals surface area (Å²) in [5.41, 5.74) is 0. The first-order valence-electron chi connectivity index (χ1n) is 8.36. The van der Waals surface area contributed by atoms with Crippen molar-refractivity contribution >= 4 is 0 Å². The monoisotopic (exact) mass is 284 g/mol. The van der Waals surface area contributed by atoms with E-state index in [-0.39, 0.29) is 12.9 Å². The highest BCUT2D eigenvalue weighted by Gasteiger charge is 2.16. The Morgan fingerprint density at radius 1 is 1.15 bits per heavy atom. The van der Waals surface area contributed by atoms with Crippen molar-refractivity contribution in [2.45, 2.75) is 83.5 Å². The lowest BCUT2D eigenvalue weighted by molar-refractivity contribution is -0.185. The zero-order chi connectivity index (χ0) is 14.5. The lowest BCUT2D eigenvalue weighted by atomic mass is 10.1. The van der Waals surface area contributed by atoms with Crippen LogP contribution in [-0.4, -0.2) is 30.7 Å². The summed E-state index contributed by atoms with van der Waals surface area (Å²) in [4.78, 5) is 0. The number of hydrogen-bond acceptors (Lipinski definition) is 3. The van der Waals surface area contributed by atoms with Crippen LogP contribution in [0.4, 0.5) is 0 Å². The lowest BCUT2D eigenvalue weighted by Gasteiger charge is -2.26. The minimum Gasteiger partial charge on any atom is -0.392 e. The predicted octanol–water partition coefficient (Wildman–Crippen LogP) is 4.20. The fraction of sp³-hybridized carbons (Fsp3) is 0.882. The van der Waals surface area contributed by atoms with E-state index < -0.39 is 0 Å². The Labute approximate surface area is 124 Å². The summed E-state index contributed by atoms with van der Waals surface area (Å²) >= 11 is 0. The van der Waals surface area contributed by atoms with E-state index in [0.29, 0.717) is 6.10 Å². The number of hydrogen-bond donors (Lipinski definition) is 1. The normalized spacial score (nSPS) is 21.4. The summed E-state index contributed by atoms with van der Waals surface area (Å²) in [6.45, 7) is 3.20. The third kappa shape index (κ3) is 9.51. The van der Waals surface area contributed by atoms with Crippen LogP contribution in [0.1, 0.15) is 71.1 Å². The van der Waals surface area contributed by atoms with Gasteiger partial charge < -0.3 is 14.6 Å². The Bertz CT molecular complexity index is 234. The Balaban J connectivity index is 1.86. The van der Waals surface area contributed by atoms with Gasteiger partial charge in [0, 0.05) is 6.61 Å². The molecular weight excluding hydrogens is 252 g/mol. The van der Waals surface area contributed by atoms with Gasteiger partial charge in [-0.1, -0.05) is 37.8 Å². The van der Waals surface area contributed by atoms with Crippen molar-refractivity contribution in [3.8, 4) is 0 Å². The minimum atomic E-state index is 0.0528. The van der Waals surface area contributed by atoms with Crippen LogP contribution in [0.2, 0.25) is 0 Å². The molecule has 0 radical (unpaired) electrons. The molecule has 0 amide bonds. The molecule has 20 heavy (non-hydrogen) atoms. The topological polar surface area (TPSA) is 38.7 Å². The van der Waals surface area contributed by atoms with Crippen molar-refractivity contribution in [3.05, 3.63) is 12.2 Å². The number of rotatable bonds is 11. The van der Waals surface area contributed by atoms with Gasteiger partial charge in [0.05, 0.1) is 12.7 Å². The van der Waals surface area contributed by atoms with Crippen molar-refractivity contribution < 1.29 is 14.6 Å². The molecule has 1 fully saturated rings. The average molecular weight is 284 g/mol. The van der Waals surface area contributed by atoms with Gasteiger partial charge in [0.2, 0.25) is 0 Å². The van der Waals surface area contributed by atoms with E-state index in [1.165, 1.54) is 44.9 Å². The molecule has 1 heterocycles. The Morgan fingerprint density at radius 2 is 1.95 bits per heavy atom. The maximum Gasteiger partial charge on any atom is 0.157 e. The maximum absolute atomic E-state index is 8.60. The van der Waals surface area contributed by atoms with E-state index in [9.17, 15) is 0 Å². The van der Waals surface area contributed by atoms with Crippen LogP contribution < -0.4 is 0 Å². The standard InChI is InChI=1S/C17H32O3/c1-16(20-17-13-9-11-15-19-17)12-8-6-4-2-3-5-7-10-14-18/h7,10,16-18H,2-6,8-9,11-15H2,1H3/b10-7+/t16-,17?/m1/s1. The van der Waals surface area contributed by atoms with Crippen molar-refractivity contribution in [2.75, 3.05) is 13.2 Å². The van der Waals surface area contributed by atoms with Crippen LogP contribution in [0.5, 0.6) is 0 Å². The zero-order valence-corrected chi connectivity index (χ0v) is 13.1.